The molecule has 1 saturated carbocycles. The molecule has 1 aromatic rings. The van der Waals surface area contributed by atoms with Crippen molar-refractivity contribution in [2.24, 2.45) is 5.92 Å². The fraction of sp³-hybridized carbons (Fsp3) is 0.545. The molecule has 3 rings (SSSR count). The van der Waals surface area contributed by atoms with E-state index >= 15 is 0 Å². The van der Waals surface area contributed by atoms with Gasteiger partial charge in [0.05, 0.1) is 11.7 Å². The van der Waals surface area contributed by atoms with E-state index in [-0.39, 0.29) is 41.6 Å². The van der Waals surface area contributed by atoms with Gasteiger partial charge >= 0.3 is 0 Å². The van der Waals surface area contributed by atoms with Crippen LogP contribution in [0.25, 0.3) is 0 Å². The number of furan rings is 1. The second-order valence-corrected chi connectivity index (χ2v) is 8.44. The Morgan fingerprint density at radius 1 is 1.24 bits per heavy atom. The van der Waals surface area contributed by atoms with E-state index in [1.165, 1.54) is 13.1 Å². The first-order valence-corrected chi connectivity index (χ1v) is 10.6. The minimum atomic E-state index is -0.369. The van der Waals surface area contributed by atoms with E-state index < -0.39 is 0 Å². The van der Waals surface area contributed by atoms with Crippen LogP contribution in [0.4, 0.5) is 0 Å². The summed E-state index contributed by atoms with van der Waals surface area (Å²) in [5, 5.41) is 16.0. The number of carbonyl (C=O) groups is 2. The molecule has 0 radical (unpaired) electrons. The molecule has 158 valence electrons. The molecule has 0 saturated heterocycles. The van der Waals surface area contributed by atoms with Gasteiger partial charge in [0.1, 0.15) is 5.76 Å². The van der Waals surface area contributed by atoms with E-state index in [1.54, 1.807) is 0 Å². The lowest BCUT2D eigenvalue weighted by Crippen LogP contribution is -2.38. The molecular weight excluding hydrogens is 392 g/mol. The van der Waals surface area contributed by atoms with Crippen molar-refractivity contribution in [1.29, 1.82) is 0 Å². The minimum Gasteiger partial charge on any atom is -0.455 e. The summed E-state index contributed by atoms with van der Waals surface area (Å²) in [7, 11) is 1.53. The van der Waals surface area contributed by atoms with E-state index in [4.69, 9.17) is 16.0 Å². The molecule has 2 aliphatic rings. The van der Waals surface area contributed by atoms with Gasteiger partial charge in [-0.3, -0.25) is 9.59 Å². The highest BCUT2D eigenvalue weighted by molar-refractivity contribution is 6.32. The zero-order valence-corrected chi connectivity index (χ0v) is 17.9. The Balaban J connectivity index is 1.84. The average molecular weight is 421 g/mol. The molecule has 1 heterocycles. The zero-order valence-electron chi connectivity index (χ0n) is 17.1. The number of hydrogen-bond acceptors (Lipinski definition) is 4. The van der Waals surface area contributed by atoms with Gasteiger partial charge in [-0.1, -0.05) is 30.7 Å². The van der Waals surface area contributed by atoms with Gasteiger partial charge in [0.15, 0.2) is 5.76 Å². The summed E-state index contributed by atoms with van der Waals surface area (Å²) in [5.74, 6) is -0.0468. The molecule has 0 aromatic carbocycles. The molecule has 0 bridgehead atoms. The molecule has 29 heavy (non-hydrogen) atoms. The molecule has 1 aromatic heterocycles. The van der Waals surface area contributed by atoms with E-state index in [1.807, 2.05) is 19.9 Å². The Morgan fingerprint density at radius 3 is 2.55 bits per heavy atom. The first-order valence-electron chi connectivity index (χ1n) is 10.2. The maximum absolute atomic E-state index is 13.0. The summed E-state index contributed by atoms with van der Waals surface area (Å²) in [5.41, 5.74) is 1.43. The lowest BCUT2D eigenvalue weighted by Gasteiger charge is -2.26. The summed E-state index contributed by atoms with van der Waals surface area (Å²) in [6.07, 6.45) is 7.42. The van der Waals surface area contributed by atoms with Gasteiger partial charge in [0.2, 0.25) is 0 Å². The van der Waals surface area contributed by atoms with E-state index in [2.05, 4.69) is 16.7 Å². The number of aliphatic hydroxyl groups excluding tert-OH is 1. The van der Waals surface area contributed by atoms with Crippen molar-refractivity contribution in [3.63, 3.8) is 0 Å². The second kappa shape index (κ2) is 9.18. The van der Waals surface area contributed by atoms with Crippen molar-refractivity contribution in [2.75, 3.05) is 7.05 Å². The summed E-state index contributed by atoms with van der Waals surface area (Å²) in [6.45, 7) is 3.95. The van der Waals surface area contributed by atoms with Crippen LogP contribution in [0.15, 0.2) is 33.2 Å². The number of carbonyl (C=O) groups excluding carboxylic acids is 2. The van der Waals surface area contributed by atoms with Crippen LogP contribution in [0.2, 0.25) is 0 Å². The predicted molar refractivity (Wildman–Crippen MR) is 112 cm³/mol. The lowest BCUT2D eigenvalue weighted by atomic mass is 9.84. The number of hydrogen-bond donors (Lipinski definition) is 3. The fourth-order valence-corrected chi connectivity index (χ4v) is 4.22. The van der Waals surface area contributed by atoms with Crippen LogP contribution < -0.4 is 10.6 Å². The maximum Gasteiger partial charge on any atom is 0.286 e. The molecule has 2 amide bonds. The standard InChI is InChI=1S/C22H29ClN2O4/c1-12-4-5-14(10-18(12)23)13(2)20-17(11-19(29-20)22(28)24-3)21(27)25-15-6-8-16(26)9-7-15/h4,10-11,13-16,26H,5-9H2,1-3H3,(H,24,28)(H,25,27)/t13-,14?,15-,16-/m0/s1. The summed E-state index contributed by atoms with van der Waals surface area (Å²) in [6, 6.07) is 1.54. The third-order valence-corrected chi connectivity index (χ3v) is 6.40. The van der Waals surface area contributed by atoms with Gasteiger partial charge in [-0.15, -0.1) is 0 Å². The maximum atomic E-state index is 13.0. The van der Waals surface area contributed by atoms with Crippen LogP contribution in [-0.2, 0) is 0 Å². The van der Waals surface area contributed by atoms with Gasteiger partial charge in [0.25, 0.3) is 11.8 Å². The van der Waals surface area contributed by atoms with Crippen molar-refractivity contribution in [1.82, 2.24) is 10.6 Å². The first kappa shape index (κ1) is 21.7. The molecule has 0 spiro atoms. The lowest BCUT2D eigenvalue weighted by molar-refractivity contribution is 0.0864. The quantitative estimate of drug-likeness (QED) is 0.674. The van der Waals surface area contributed by atoms with Crippen LogP contribution >= 0.6 is 11.6 Å². The predicted octanol–water partition coefficient (Wildman–Crippen LogP) is 3.86. The van der Waals surface area contributed by atoms with E-state index in [0.717, 1.165) is 24.8 Å². The zero-order chi connectivity index (χ0) is 21.1. The van der Waals surface area contributed by atoms with Crippen molar-refractivity contribution < 1.29 is 19.1 Å². The van der Waals surface area contributed by atoms with Crippen molar-refractivity contribution >= 4 is 23.4 Å². The monoisotopic (exact) mass is 420 g/mol. The van der Waals surface area contributed by atoms with Crippen LogP contribution in [0.3, 0.4) is 0 Å². The molecule has 7 heteroatoms. The van der Waals surface area contributed by atoms with Crippen molar-refractivity contribution in [2.45, 2.75) is 64.0 Å². The summed E-state index contributed by atoms with van der Waals surface area (Å²) >= 11 is 6.31. The smallest absolute Gasteiger partial charge is 0.286 e. The Morgan fingerprint density at radius 2 is 1.93 bits per heavy atom. The van der Waals surface area contributed by atoms with E-state index in [0.29, 0.717) is 29.2 Å². The summed E-state index contributed by atoms with van der Waals surface area (Å²) in [4.78, 5) is 25.1. The molecule has 1 fully saturated rings. The molecular formula is C22H29ClN2O4. The van der Waals surface area contributed by atoms with Crippen LogP contribution in [0.1, 0.15) is 78.5 Å². The fourth-order valence-electron chi connectivity index (χ4n) is 3.98. The third-order valence-electron chi connectivity index (χ3n) is 5.98. The largest absolute Gasteiger partial charge is 0.455 e. The molecule has 2 atom stereocenters. The van der Waals surface area contributed by atoms with Gasteiger partial charge in [-0.05, 0) is 50.5 Å². The first-order chi connectivity index (χ1) is 13.8. The number of rotatable bonds is 5. The SMILES string of the molecule is CNC(=O)c1cc(C(=O)N[C@H]2CC[C@H](O)CC2)c([C@@H](C)C2C=C(Cl)C(C)=CC2)o1. The second-order valence-electron chi connectivity index (χ2n) is 8.04. The van der Waals surface area contributed by atoms with Crippen molar-refractivity contribution in [3.8, 4) is 0 Å². The Bertz CT molecular complexity index is 834. The third kappa shape index (κ3) is 4.93. The van der Waals surface area contributed by atoms with E-state index in [9.17, 15) is 14.7 Å². The minimum absolute atomic E-state index is 0.0158. The number of allylic oxidation sites excluding steroid dienone is 4. The van der Waals surface area contributed by atoms with Gasteiger partial charge in [-0.2, -0.15) is 0 Å². The normalized spacial score (nSPS) is 25.6. The Hall–Kier alpha value is -2.05. The molecule has 1 unspecified atom stereocenters. The highest BCUT2D eigenvalue weighted by atomic mass is 35.5. The highest BCUT2D eigenvalue weighted by Crippen LogP contribution is 2.37. The number of halogens is 1. The van der Waals surface area contributed by atoms with Gasteiger partial charge in [0, 0.05) is 30.1 Å². The van der Waals surface area contributed by atoms with Crippen LogP contribution in [-0.4, -0.2) is 36.1 Å². The molecule has 0 aliphatic heterocycles. The van der Waals surface area contributed by atoms with Gasteiger partial charge < -0.3 is 20.2 Å². The number of amides is 2. The Labute approximate surface area is 176 Å². The van der Waals surface area contributed by atoms with Gasteiger partial charge in [-0.25, -0.2) is 0 Å². The molecule has 6 nitrogen and oxygen atoms in total. The topological polar surface area (TPSA) is 91.6 Å². The molecule has 2 aliphatic carbocycles. The average Bonchev–Trinajstić information content (AvgIpc) is 3.16. The molecule has 3 N–H and O–H groups in total. The van der Waals surface area contributed by atoms with Crippen molar-refractivity contribution in [3.05, 3.63) is 45.9 Å². The number of nitrogens with one attached hydrogen (secondary N) is 2. The number of aliphatic hydroxyl groups is 1. The Kier molecular flexibility index (Phi) is 6.85. The van der Waals surface area contributed by atoms with Crippen LogP contribution in [0, 0.1) is 5.92 Å². The van der Waals surface area contributed by atoms with Crippen LogP contribution in [0.5, 0.6) is 0 Å². The summed E-state index contributed by atoms with van der Waals surface area (Å²) < 4.78 is 5.87. The highest BCUT2D eigenvalue weighted by Gasteiger charge is 2.31.